The minimum absolute atomic E-state index is 0.122. The zero-order valence-electron chi connectivity index (χ0n) is 20.1. The van der Waals surface area contributed by atoms with Gasteiger partial charge in [0.15, 0.2) is 0 Å². The van der Waals surface area contributed by atoms with Crippen LogP contribution in [0.25, 0.3) is 11.1 Å². The number of carbonyl (C=O) groups is 1. The Morgan fingerprint density at radius 2 is 1.94 bits per heavy atom. The fraction of sp³-hybridized carbons (Fsp3) is 0.296. The second kappa shape index (κ2) is 11.5. The minimum Gasteiger partial charge on any atom is -0.493 e. The van der Waals surface area contributed by atoms with E-state index in [0.717, 1.165) is 34.4 Å². The number of amides is 1. The number of aryl methyl sites for hydroxylation is 1. The monoisotopic (exact) mass is 473 g/mol. The van der Waals surface area contributed by atoms with Crippen LogP contribution in [0.2, 0.25) is 0 Å². The van der Waals surface area contributed by atoms with Gasteiger partial charge in [0.05, 0.1) is 6.61 Å². The number of anilines is 1. The quantitative estimate of drug-likeness (QED) is 0.412. The van der Waals surface area contributed by atoms with E-state index in [9.17, 15) is 4.79 Å². The van der Waals surface area contributed by atoms with Crippen molar-refractivity contribution in [2.45, 2.75) is 32.9 Å². The predicted octanol–water partition coefficient (Wildman–Crippen LogP) is 3.64. The molecule has 0 saturated carbocycles. The summed E-state index contributed by atoms with van der Waals surface area (Å²) in [6, 6.07) is 20.0. The Hall–Kier alpha value is -3.91. The Kier molecular flexibility index (Phi) is 7.95. The number of hydrogen-bond donors (Lipinski definition) is 2. The fourth-order valence-corrected chi connectivity index (χ4v) is 3.93. The summed E-state index contributed by atoms with van der Waals surface area (Å²) in [5.41, 5.74) is 12.8. The topological polar surface area (TPSA) is 102 Å². The van der Waals surface area contributed by atoms with Crippen LogP contribution in [0.1, 0.15) is 24.5 Å². The van der Waals surface area contributed by atoms with E-state index in [4.69, 9.17) is 15.2 Å². The molecule has 0 saturated heterocycles. The van der Waals surface area contributed by atoms with Crippen LogP contribution in [-0.4, -0.2) is 42.7 Å². The van der Waals surface area contributed by atoms with Crippen molar-refractivity contribution in [3.8, 4) is 16.9 Å². The summed E-state index contributed by atoms with van der Waals surface area (Å²) in [5.74, 6) is 0.968. The third-order valence-corrected chi connectivity index (χ3v) is 5.72. The summed E-state index contributed by atoms with van der Waals surface area (Å²) in [5, 5.41) is 1.79. The summed E-state index contributed by atoms with van der Waals surface area (Å²) in [6.45, 7) is 6.04. The molecular formula is C27H31N5O3. The van der Waals surface area contributed by atoms with Gasteiger partial charge in [-0.05, 0) is 60.4 Å². The maximum atomic E-state index is 11.9. The Bertz CT molecular complexity index is 1180. The van der Waals surface area contributed by atoms with Crippen LogP contribution < -0.4 is 20.9 Å². The number of primary amides is 1. The molecular weight excluding hydrogens is 442 g/mol. The van der Waals surface area contributed by atoms with Crippen molar-refractivity contribution < 1.29 is 14.3 Å². The lowest BCUT2D eigenvalue weighted by atomic mass is 10.0. The molecule has 0 spiro atoms. The van der Waals surface area contributed by atoms with E-state index in [1.54, 1.807) is 11.2 Å². The normalized spacial score (nSPS) is 15.0. The lowest BCUT2D eigenvalue weighted by molar-refractivity contribution is -0.112. The number of amidine groups is 1. The molecule has 3 aromatic rings. The largest absolute Gasteiger partial charge is 0.493 e. The number of carbonyl (C=O) groups excluding carboxylic acids is 1. The summed E-state index contributed by atoms with van der Waals surface area (Å²) >= 11 is 0. The fourth-order valence-electron chi connectivity index (χ4n) is 3.93. The summed E-state index contributed by atoms with van der Waals surface area (Å²) in [4.78, 5) is 20.9. The first kappa shape index (κ1) is 24.2. The number of nitrogens with two attached hydrogens (primary N) is 1. The van der Waals surface area contributed by atoms with Crippen molar-refractivity contribution >= 4 is 17.6 Å². The second-order valence-electron chi connectivity index (χ2n) is 8.27. The molecule has 1 aliphatic heterocycles. The first-order valence-electron chi connectivity index (χ1n) is 11.8. The number of nitrogens with zero attached hydrogens (tertiary/aromatic N) is 3. The number of nitrogens with one attached hydrogen (secondary N) is 1. The molecule has 1 aliphatic rings. The summed E-state index contributed by atoms with van der Waals surface area (Å²) in [7, 11) is 0. The molecule has 1 amide bonds. The molecule has 2 heterocycles. The van der Waals surface area contributed by atoms with Gasteiger partial charge in [-0.1, -0.05) is 36.4 Å². The number of hydrogen-bond acceptors (Lipinski definition) is 7. The number of aromatic nitrogens is 1. The Morgan fingerprint density at radius 1 is 1.11 bits per heavy atom. The van der Waals surface area contributed by atoms with Crippen LogP contribution in [0.5, 0.6) is 5.75 Å². The van der Waals surface area contributed by atoms with Gasteiger partial charge >= 0.3 is 0 Å². The highest BCUT2D eigenvalue weighted by molar-refractivity contribution is 6.38. The van der Waals surface area contributed by atoms with Gasteiger partial charge in [0.25, 0.3) is 5.91 Å². The molecule has 0 radical (unpaired) electrons. The molecule has 1 atom stereocenters. The van der Waals surface area contributed by atoms with Crippen molar-refractivity contribution in [3.05, 3.63) is 78.0 Å². The third-order valence-electron chi connectivity index (χ3n) is 5.72. The first-order valence-corrected chi connectivity index (χ1v) is 11.8. The van der Waals surface area contributed by atoms with Gasteiger partial charge in [-0.25, -0.2) is 15.0 Å². The average molecular weight is 474 g/mol. The van der Waals surface area contributed by atoms with E-state index in [1.807, 2.05) is 67.6 Å². The van der Waals surface area contributed by atoms with E-state index in [1.165, 1.54) is 0 Å². The van der Waals surface area contributed by atoms with Gasteiger partial charge in [-0.15, -0.1) is 0 Å². The van der Waals surface area contributed by atoms with Crippen LogP contribution in [0.3, 0.4) is 0 Å². The SMILES string of the molecule is CCOCCCOc1ccc(C)c(-c2ccnc(N3NC(C(N)=O)=NC3Cc3ccccc3)c2)c1. The van der Waals surface area contributed by atoms with Crippen molar-refractivity contribution in [2.24, 2.45) is 10.7 Å². The van der Waals surface area contributed by atoms with Gasteiger partial charge in [0.1, 0.15) is 17.7 Å². The molecule has 4 rings (SSSR count). The molecule has 8 heteroatoms. The van der Waals surface area contributed by atoms with Crippen molar-refractivity contribution in [2.75, 3.05) is 24.8 Å². The van der Waals surface area contributed by atoms with Crippen molar-refractivity contribution in [3.63, 3.8) is 0 Å². The maximum Gasteiger partial charge on any atom is 0.285 e. The molecule has 8 nitrogen and oxygen atoms in total. The molecule has 3 N–H and O–H groups in total. The lowest BCUT2D eigenvalue weighted by Crippen LogP contribution is -2.45. The minimum atomic E-state index is -0.605. The van der Waals surface area contributed by atoms with Gasteiger partial charge < -0.3 is 15.2 Å². The smallest absolute Gasteiger partial charge is 0.285 e. The standard InChI is InChI=1S/C27H31N5O3/c1-3-34-14-7-15-35-22-11-10-19(2)23(18-22)21-12-13-29-24(17-21)32-25(30-27(31-32)26(28)33)16-20-8-5-4-6-9-20/h4-6,8-13,17-18,25H,3,7,14-16H2,1-2H3,(H2,28,33)(H,30,31). The zero-order chi connectivity index (χ0) is 24.6. The summed E-state index contributed by atoms with van der Waals surface area (Å²) in [6.07, 6.45) is 2.83. The van der Waals surface area contributed by atoms with Gasteiger partial charge in [-0.2, -0.15) is 0 Å². The van der Waals surface area contributed by atoms with Crippen LogP contribution in [0.4, 0.5) is 5.82 Å². The van der Waals surface area contributed by atoms with Crippen LogP contribution in [-0.2, 0) is 16.0 Å². The molecule has 182 valence electrons. The van der Waals surface area contributed by atoms with Gasteiger partial charge in [-0.3, -0.25) is 10.2 Å². The van der Waals surface area contributed by atoms with Gasteiger partial charge in [0, 0.05) is 32.3 Å². The zero-order valence-corrected chi connectivity index (χ0v) is 20.1. The van der Waals surface area contributed by atoms with E-state index in [0.29, 0.717) is 32.1 Å². The molecule has 35 heavy (non-hydrogen) atoms. The van der Waals surface area contributed by atoms with Gasteiger partial charge in [0.2, 0.25) is 5.84 Å². The van der Waals surface area contributed by atoms with E-state index in [2.05, 4.69) is 22.3 Å². The summed E-state index contributed by atoms with van der Waals surface area (Å²) < 4.78 is 11.3. The van der Waals surface area contributed by atoms with E-state index < -0.39 is 5.91 Å². The Labute approximate surface area is 205 Å². The molecule has 1 unspecified atom stereocenters. The van der Waals surface area contributed by atoms with Crippen LogP contribution in [0.15, 0.2) is 71.9 Å². The average Bonchev–Trinajstić information content (AvgIpc) is 3.30. The number of pyridine rings is 1. The second-order valence-corrected chi connectivity index (χ2v) is 8.27. The molecule has 0 bridgehead atoms. The number of aliphatic imine (C=N–C) groups is 1. The highest BCUT2D eigenvalue weighted by Crippen LogP contribution is 2.30. The Balaban J connectivity index is 1.56. The Morgan fingerprint density at radius 3 is 2.71 bits per heavy atom. The number of benzene rings is 2. The maximum absolute atomic E-state index is 11.9. The van der Waals surface area contributed by atoms with E-state index in [-0.39, 0.29) is 12.0 Å². The van der Waals surface area contributed by atoms with Crippen LogP contribution in [0, 0.1) is 6.92 Å². The lowest BCUT2D eigenvalue weighted by Gasteiger charge is -2.24. The highest BCUT2D eigenvalue weighted by Gasteiger charge is 2.30. The van der Waals surface area contributed by atoms with Crippen LogP contribution >= 0.6 is 0 Å². The molecule has 0 aliphatic carbocycles. The molecule has 0 fully saturated rings. The predicted molar refractivity (Wildman–Crippen MR) is 137 cm³/mol. The number of ether oxygens (including phenoxy) is 2. The highest BCUT2D eigenvalue weighted by atomic mass is 16.5. The number of hydrazine groups is 1. The number of rotatable bonds is 11. The van der Waals surface area contributed by atoms with Crippen molar-refractivity contribution in [1.29, 1.82) is 0 Å². The first-order chi connectivity index (χ1) is 17.0. The van der Waals surface area contributed by atoms with Crippen molar-refractivity contribution in [1.82, 2.24) is 10.4 Å². The van der Waals surface area contributed by atoms with E-state index >= 15 is 0 Å². The molecule has 2 aromatic carbocycles. The third kappa shape index (κ3) is 6.16. The molecule has 1 aromatic heterocycles.